The summed E-state index contributed by atoms with van der Waals surface area (Å²) in [4.78, 5) is 65.0. The van der Waals surface area contributed by atoms with Crippen LogP contribution in [0.4, 0.5) is 0 Å². The van der Waals surface area contributed by atoms with Crippen molar-refractivity contribution in [1.82, 2.24) is 10.2 Å². The fraction of sp³-hybridized carbons (Fsp3) is 0.200. The van der Waals surface area contributed by atoms with Gasteiger partial charge in [-0.05, 0) is 22.6 Å². The summed E-state index contributed by atoms with van der Waals surface area (Å²) in [6, 6.07) is 20.1. The molecule has 0 aliphatic carbocycles. The lowest BCUT2D eigenvalue weighted by Crippen LogP contribution is -2.74. The van der Waals surface area contributed by atoms with Crippen LogP contribution in [-0.4, -0.2) is 57.2 Å². The first kappa shape index (κ1) is 29.0. The standard InChI is InChI=1S/C30H24N2O8S2/c1-18(34)39-17-22-23(16-33)42(38)29-25(31-24(35)15-21-13-8-14-41-21)28(36)32(29)26(22)30(37)40-27(19-9-4-2-5-10-19)20-11-6-3-7-12-20/h2-14,25,27,29H,15,17H2,1H3,(H,31,35)/t25?,29-,42?/m0/s1. The number of nitrogens with zero attached hydrogens (tertiary/aromatic N) is 1. The van der Waals surface area contributed by atoms with Gasteiger partial charge in [0.15, 0.2) is 18.1 Å². The maximum atomic E-state index is 13.9. The Morgan fingerprint density at radius 3 is 2.24 bits per heavy atom. The van der Waals surface area contributed by atoms with Crippen molar-refractivity contribution in [2.45, 2.75) is 30.9 Å². The van der Waals surface area contributed by atoms with Crippen LogP contribution in [0.25, 0.3) is 0 Å². The van der Waals surface area contributed by atoms with E-state index in [4.69, 9.17) is 9.47 Å². The van der Waals surface area contributed by atoms with Crippen LogP contribution in [0.5, 0.6) is 0 Å². The zero-order chi connectivity index (χ0) is 29.8. The SMILES string of the molecule is CC(=O)OCC1=C(C(=O)OC(c2ccccc2)c2ccccc2)N2C(=O)C(NC(=O)Cc3cccs3)[C@@H]2[S+]([O-])C1=C=O. The lowest BCUT2D eigenvalue weighted by atomic mass is 10.00. The number of amides is 2. The summed E-state index contributed by atoms with van der Waals surface area (Å²) >= 11 is -0.845. The van der Waals surface area contributed by atoms with E-state index in [-0.39, 0.29) is 12.0 Å². The number of thiophene rings is 1. The van der Waals surface area contributed by atoms with Gasteiger partial charge in [-0.2, -0.15) is 0 Å². The number of ether oxygens (including phenoxy) is 2. The molecule has 0 saturated carbocycles. The Morgan fingerprint density at radius 2 is 1.69 bits per heavy atom. The number of carbonyl (C=O) groups excluding carboxylic acids is 5. The van der Waals surface area contributed by atoms with Crippen LogP contribution in [0, 0.1) is 0 Å². The summed E-state index contributed by atoms with van der Waals surface area (Å²) in [5.74, 6) is -1.35. The zero-order valence-electron chi connectivity index (χ0n) is 22.2. The van der Waals surface area contributed by atoms with Gasteiger partial charge < -0.3 is 19.3 Å². The number of hydrogen-bond acceptors (Lipinski definition) is 9. The number of carbonyl (C=O) groups is 4. The molecular formula is C30H24N2O8S2. The number of esters is 2. The Kier molecular flexibility index (Phi) is 8.69. The van der Waals surface area contributed by atoms with Crippen LogP contribution < -0.4 is 5.32 Å². The molecule has 12 heteroatoms. The molecule has 1 N–H and O–H groups in total. The molecule has 1 saturated heterocycles. The van der Waals surface area contributed by atoms with Gasteiger partial charge in [0.2, 0.25) is 16.2 Å². The smallest absolute Gasteiger partial charge is 0.356 e. The molecule has 1 fully saturated rings. The highest BCUT2D eigenvalue weighted by molar-refractivity contribution is 7.96. The molecule has 3 heterocycles. The van der Waals surface area contributed by atoms with Crippen LogP contribution in [0.2, 0.25) is 0 Å². The van der Waals surface area contributed by atoms with E-state index in [0.29, 0.717) is 11.1 Å². The van der Waals surface area contributed by atoms with Crippen molar-refractivity contribution in [2.75, 3.05) is 6.61 Å². The van der Waals surface area contributed by atoms with Crippen LogP contribution in [0.3, 0.4) is 0 Å². The van der Waals surface area contributed by atoms with E-state index in [1.54, 1.807) is 78.7 Å². The number of hydrogen-bond donors (Lipinski definition) is 1. The maximum absolute atomic E-state index is 13.9. The van der Waals surface area contributed by atoms with Crippen LogP contribution in [0.1, 0.15) is 29.0 Å². The fourth-order valence-electron chi connectivity index (χ4n) is 4.72. The molecule has 2 aliphatic rings. The van der Waals surface area contributed by atoms with E-state index in [1.165, 1.54) is 11.3 Å². The number of β-lactam (4-membered cyclic amide) rings is 1. The van der Waals surface area contributed by atoms with E-state index >= 15 is 0 Å². The monoisotopic (exact) mass is 604 g/mol. The van der Waals surface area contributed by atoms with Crippen molar-refractivity contribution < 1.29 is 38.0 Å². The molecule has 2 amide bonds. The maximum Gasteiger partial charge on any atom is 0.356 e. The van der Waals surface area contributed by atoms with Gasteiger partial charge in [-0.3, -0.25) is 19.3 Å². The number of fused-ring (bicyclic) bond motifs is 1. The highest BCUT2D eigenvalue weighted by Gasteiger charge is 2.63. The molecule has 2 aromatic carbocycles. The highest BCUT2D eigenvalue weighted by atomic mass is 32.2. The second-order valence-electron chi connectivity index (χ2n) is 9.34. The van der Waals surface area contributed by atoms with Gasteiger partial charge in [0, 0.05) is 23.0 Å². The summed E-state index contributed by atoms with van der Waals surface area (Å²) < 4.78 is 24.5. The van der Waals surface area contributed by atoms with Crippen molar-refractivity contribution in [3.05, 3.63) is 110 Å². The van der Waals surface area contributed by atoms with Crippen molar-refractivity contribution in [3.63, 3.8) is 0 Å². The summed E-state index contributed by atoms with van der Waals surface area (Å²) in [7, 11) is 0. The van der Waals surface area contributed by atoms with Gasteiger partial charge >= 0.3 is 11.9 Å². The first-order chi connectivity index (χ1) is 20.3. The summed E-state index contributed by atoms with van der Waals surface area (Å²) in [5, 5.41) is 3.12. The lowest BCUT2D eigenvalue weighted by Gasteiger charge is -2.48. The minimum absolute atomic E-state index is 0.00451. The Labute approximate surface area is 247 Å². The molecule has 0 radical (unpaired) electrons. The molecule has 0 spiro atoms. The first-order valence-electron chi connectivity index (χ1n) is 12.8. The van der Waals surface area contributed by atoms with E-state index in [0.717, 1.165) is 16.7 Å². The summed E-state index contributed by atoms with van der Waals surface area (Å²) in [6.45, 7) is 0.504. The van der Waals surface area contributed by atoms with Gasteiger partial charge in [-0.1, -0.05) is 66.7 Å². The number of benzene rings is 2. The largest absolute Gasteiger partial charge is 0.609 e. The van der Waals surface area contributed by atoms with E-state index in [2.05, 4.69) is 5.32 Å². The Bertz CT molecular complexity index is 1540. The molecule has 1 aromatic heterocycles. The van der Waals surface area contributed by atoms with Crippen molar-refractivity contribution >= 4 is 52.2 Å². The predicted molar refractivity (Wildman–Crippen MR) is 152 cm³/mol. The average Bonchev–Trinajstić information content (AvgIpc) is 3.50. The molecule has 2 unspecified atom stereocenters. The van der Waals surface area contributed by atoms with Crippen molar-refractivity contribution in [1.29, 1.82) is 0 Å². The topological polar surface area (TPSA) is 142 Å². The molecule has 3 atom stereocenters. The summed E-state index contributed by atoms with van der Waals surface area (Å²) in [5.41, 5.74) is 0.617. The first-order valence-corrected chi connectivity index (χ1v) is 14.9. The van der Waals surface area contributed by atoms with Crippen LogP contribution in [0.15, 0.2) is 94.4 Å². The predicted octanol–water partition coefficient (Wildman–Crippen LogP) is 2.57. The van der Waals surface area contributed by atoms with Gasteiger partial charge in [0.1, 0.15) is 12.3 Å². The average molecular weight is 605 g/mol. The van der Waals surface area contributed by atoms with Gasteiger partial charge in [-0.25, -0.2) is 9.59 Å². The van der Waals surface area contributed by atoms with E-state index < -0.39 is 69.7 Å². The zero-order valence-corrected chi connectivity index (χ0v) is 23.8. The Hall–Kier alpha value is -4.48. The normalized spacial score (nSPS) is 19.5. The van der Waals surface area contributed by atoms with Crippen LogP contribution >= 0.6 is 11.3 Å². The Morgan fingerprint density at radius 1 is 1.05 bits per heavy atom. The molecule has 10 nitrogen and oxygen atoms in total. The van der Waals surface area contributed by atoms with Crippen LogP contribution in [-0.2, 0) is 51.0 Å². The molecule has 3 aromatic rings. The third-order valence-corrected chi connectivity index (χ3v) is 9.16. The quantitative estimate of drug-likeness (QED) is 0.170. The molecule has 214 valence electrons. The minimum Gasteiger partial charge on any atom is -0.609 e. The second-order valence-corrected chi connectivity index (χ2v) is 11.9. The molecule has 0 bridgehead atoms. The summed E-state index contributed by atoms with van der Waals surface area (Å²) in [6.07, 6.45) is -0.912. The molecule has 2 aliphatic heterocycles. The number of nitrogens with one attached hydrogen (secondary N) is 1. The fourth-order valence-corrected chi connectivity index (χ4v) is 6.98. The third kappa shape index (κ3) is 5.79. The van der Waals surface area contributed by atoms with E-state index in [1.807, 2.05) is 5.38 Å². The van der Waals surface area contributed by atoms with Crippen molar-refractivity contribution in [2.24, 2.45) is 0 Å². The van der Waals surface area contributed by atoms with E-state index in [9.17, 15) is 28.5 Å². The van der Waals surface area contributed by atoms with Gasteiger partial charge in [0.25, 0.3) is 5.91 Å². The minimum atomic E-state index is -2.21. The number of rotatable bonds is 9. The second kappa shape index (κ2) is 12.6. The van der Waals surface area contributed by atoms with Gasteiger partial charge in [0.05, 0.1) is 12.0 Å². The molecule has 42 heavy (non-hydrogen) atoms. The lowest BCUT2D eigenvalue weighted by molar-refractivity contribution is -0.155. The van der Waals surface area contributed by atoms with Crippen molar-refractivity contribution in [3.8, 4) is 0 Å². The molecule has 5 rings (SSSR count). The van der Waals surface area contributed by atoms with Gasteiger partial charge in [-0.15, -0.1) is 11.3 Å². The Balaban J connectivity index is 1.51. The highest BCUT2D eigenvalue weighted by Crippen LogP contribution is 2.42. The molecular weight excluding hydrogens is 580 g/mol. The third-order valence-electron chi connectivity index (χ3n) is 6.63.